The van der Waals surface area contributed by atoms with Crippen molar-refractivity contribution in [2.24, 2.45) is 4.99 Å². The molecule has 0 atom stereocenters. The van der Waals surface area contributed by atoms with Crippen LogP contribution in [0.25, 0.3) is 0 Å². The van der Waals surface area contributed by atoms with Crippen molar-refractivity contribution in [2.75, 3.05) is 38.5 Å². The summed E-state index contributed by atoms with van der Waals surface area (Å²) in [4.78, 5) is 6.54. The summed E-state index contributed by atoms with van der Waals surface area (Å²) in [6.45, 7) is 7.76. The Morgan fingerprint density at radius 1 is 1.38 bits per heavy atom. The number of hydrogen-bond acceptors (Lipinski definition) is 4. The molecule has 2 rings (SSSR count). The van der Waals surface area contributed by atoms with E-state index in [9.17, 15) is 8.42 Å². The van der Waals surface area contributed by atoms with Gasteiger partial charge in [-0.15, -0.1) is 0 Å². The van der Waals surface area contributed by atoms with Crippen LogP contribution in [0.1, 0.15) is 20.8 Å². The number of nitrogens with one attached hydrogen (secondary N) is 1. The first kappa shape index (κ1) is 21.1. The lowest BCUT2D eigenvalue weighted by atomic mass is 10.2. The van der Waals surface area contributed by atoms with Crippen molar-refractivity contribution in [3.05, 3.63) is 28.2 Å². The van der Waals surface area contributed by atoms with Gasteiger partial charge in [0.05, 0.1) is 22.1 Å². The van der Waals surface area contributed by atoms with Gasteiger partial charge in [-0.3, -0.25) is 0 Å². The molecule has 1 aliphatic rings. The van der Waals surface area contributed by atoms with E-state index in [1.54, 1.807) is 32.0 Å². The summed E-state index contributed by atoms with van der Waals surface area (Å²) in [6.07, 6.45) is 0. The molecule has 1 aromatic carbocycles. The van der Waals surface area contributed by atoms with E-state index in [0.29, 0.717) is 54.5 Å². The SMILES string of the molecule is CCNC(=NCCOc1cccc(Cl)c1Cl)N1CCS(=O)(=O)C(C)(C)C1. The van der Waals surface area contributed by atoms with Gasteiger partial charge in [-0.1, -0.05) is 29.3 Å². The minimum Gasteiger partial charge on any atom is -0.490 e. The van der Waals surface area contributed by atoms with Gasteiger partial charge in [-0.2, -0.15) is 0 Å². The Morgan fingerprint density at radius 2 is 2.12 bits per heavy atom. The van der Waals surface area contributed by atoms with Gasteiger partial charge in [-0.05, 0) is 32.9 Å². The van der Waals surface area contributed by atoms with Gasteiger partial charge in [-0.25, -0.2) is 13.4 Å². The Morgan fingerprint density at radius 3 is 2.77 bits per heavy atom. The molecular formula is C17H25Cl2N3O3S. The third-order valence-corrected chi connectivity index (χ3v) is 7.54. The first-order chi connectivity index (χ1) is 12.2. The molecule has 0 saturated carbocycles. The Balaban J connectivity index is 2.00. The molecular weight excluding hydrogens is 397 g/mol. The van der Waals surface area contributed by atoms with Crippen molar-refractivity contribution >= 4 is 39.0 Å². The monoisotopic (exact) mass is 421 g/mol. The average molecular weight is 422 g/mol. The molecule has 146 valence electrons. The second kappa shape index (κ2) is 8.67. The third-order valence-electron chi connectivity index (χ3n) is 4.20. The maximum Gasteiger partial charge on any atom is 0.194 e. The molecule has 26 heavy (non-hydrogen) atoms. The van der Waals surface area contributed by atoms with Crippen LogP contribution in [0, 0.1) is 0 Å². The second-order valence-corrected chi connectivity index (χ2v) is 10.2. The molecule has 0 radical (unpaired) electrons. The average Bonchev–Trinajstić information content (AvgIpc) is 2.57. The molecule has 0 unspecified atom stereocenters. The number of halogens is 2. The summed E-state index contributed by atoms with van der Waals surface area (Å²) in [6, 6.07) is 5.22. The van der Waals surface area contributed by atoms with Crippen LogP contribution in [0.15, 0.2) is 23.2 Å². The van der Waals surface area contributed by atoms with Crippen molar-refractivity contribution < 1.29 is 13.2 Å². The van der Waals surface area contributed by atoms with Crippen molar-refractivity contribution in [3.63, 3.8) is 0 Å². The van der Waals surface area contributed by atoms with Gasteiger partial charge in [0.15, 0.2) is 15.8 Å². The van der Waals surface area contributed by atoms with E-state index < -0.39 is 14.6 Å². The van der Waals surface area contributed by atoms with Gasteiger partial charge < -0.3 is 15.0 Å². The fourth-order valence-corrected chi connectivity index (χ4v) is 4.37. The highest BCUT2D eigenvalue weighted by Crippen LogP contribution is 2.31. The van der Waals surface area contributed by atoms with Crippen LogP contribution in [0.2, 0.25) is 10.0 Å². The summed E-state index contributed by atoms with van der Waals surface area (Å²) in [5.74, 6) is 1.33. The molecule has 1 aromatic rings. The fraction of sp³-hybridized carbons (Fsp3) is 0.588. The van der Waals surface area contributed by atoms with E-state index in [1.165, 1.54) is 0 Å². The maximum absolute atomic E-state index is 12.2. The second-order valence-electron chi connectivity index (χ2n) is 6.64. The predicted octanol–water partition coefficient (Wildman–Crippen LogP) is 2.85. The Hall–Kier alpha value is -1.18. The summed E-state index contributed by atoms with van der Waals surface area (Å²) in [5, 5.41) is 4.04. The minimum atomic E-state index is -3.09. The molecule has 1 N–H and O–H groups in total. The molecule has 0 bridgehead atoms. The Labute approximate surface area is 165 Å². The van der Waals surface area contributed by atoms with Gasteiger partial charge in [0.1, 0.15) is 17.4 Å². The van der Waals surface area contributed by atoms with Crippen molar-refractivity contribution in [2.45, 2.75) is 25.5 Å². The highest BCUT2D eigenvalue weighted by molar-refractivity contribution is 7.92. The molecule has 1 aliphatic heterocycles. The third kappa shape index (κ3) is 4.96. The number of hydrogen-bond donors (Lipinski definition) is 1. The summed E-state index contributed by atoms with van der Waals surface area (Å²) in [5.41, 5.74) is 0. The van der Waals surface area contributed by atoms with Crippen LogP contribution in [0.5, 0.6) is 5.75 Å². The van der Waals surface area contributed by atoms with Gasteiger partial charge in [0, 0.05) is 19.6 Å². The van der Waals surface area contributed by atoms with E-state index in [1.807, 2.05) is 11.8 Å². The Bertz CT molecular complexity index is 767. The highest BCUT2D eigenvalue weighted by atomic mass is 35.5. The van der Waals surface area contributed by atoms with Crippen LogP contribution in [0.4, 0.5) is 0 Å². The summed E-state index contributed by atoms with van der Waals surface area (Å²) < 4.78 is 29.2. The molecule has 0 aromatic heterocycles. The fourth-order valence-electron chi connectivity index (χ4n) is 2.65. The quantitative estimate of drug-likeness (QED) is 0.449. The molecule has 9 heteroatoms. The topological polar surface area (TPSA) is 71.0 Å². The van der Waals surface area contributed by atoms with E-state index in [0.717, 1.165) is 0 Å². The molecule has 1 saturated heterocycles. The number of guanidine groups is 1. The van der Waals surface area contributed by atoms with E-state index in [4.69, 9.17) is 27.9 Å². The first-order valence-corrected chi connectivity index (χ1v) is 10.9. The number of rotatable bonds is 5. The van der Waals surface area contributed by atoms with Crippen LogP contribution in [-0.4, -0.2) is 62.6 Å². The molecule has 1 fully saturated rings. The van der Waals surface area contributed by atoms with E-state index in [-0.39, 0.29) is 5.75 Å². The lowest BCUT2D eigenvalue weighted by Gasteiger charge is -2.39. The highest BCUT2D eigenvalue weighted by Gasteiger charge is 2.40. The van der Waals surface area contributed by atoms with Crippen LogP contribution in [-0.2, 0) is 9.84 Å². The lowest BCUT2D eigenvalue weighted by Crippen LogP contribution is -2.57. The standard InChI is InChI=1S/C17H25Cl2N3O3S/c1-4-20-16(22-9-11-26(23,24)17(2,3)12-22)21-8-10-25-14-7-5-6-13(18)15(14)19/h5-7H,4,8-12H2,1-3H3,(H,20,21). The smallest absolute Gasteiger partial charge is 0.194 e. The normalized spacial score (nSPS) is 19.3. The van der Waals surface area contributed by atoms with Crippen molar-refractivity contribution in [1.82, 2.24) is 10.2 Å². The van der Waals surface area contributed by atoms with Gasteiger partial charge in [0.25, 0.3) is 0 Å². The minimum absolute atomic E-state index is 0.124. The number of benzene rings is 1. The molecule has 0 aliphatic carbocycles. The van der Waals surface area contributed by atoms with Crippen molar-refractivity contribution in [1.29, 1.82) is 0 Å². The van der Waals surface area contributed by atoms with E-state index in [2.05, 4.69) is 10.3 Å². The molecule has 6 nitrogen and oxygen atoms in total. The van der Waals surface area contributed by atoms with Crippen LogP contribution >= 0.6 is 23.2 Å². The summed E-state index contributed by atoms with van der Waals surface area (Å²) in [7, 11) is -3.09. The first-order valence-electron chi connectivity index (χ1n) is 8.50. The zero-order valence-electron chi connectivity index (χ0n) is 15.3. The number of nitrogens with zero attached hydrogens (tertiary/aromatic N) is 2. The zero-order chi connectivity index (χ0) is 19.4. The van der Waals surface area contributed by atoms with Gasteiger partial charge in [0.2, 0.25) is 0 Å². The number of ether oxygens (including phenoxy) is 1. The molecule has 0 amide bonds. The summed E-state index contributed by atoms with van der Waals surface area (Å²) >= 11 is 12.1. The molecule has 0 spiro atoms. The van der Waals surface area contributed by atoms with Gasteiger partial charge >= 0.3 is 0 Å². The Kier molecular flexibility index (Phi) is 7.05. The van der Waals surface area contributed by atoms with Crippen LogP contribution in [0.3, 0.4) is 0 Å². The molecule has 1 heterocycles. The van der Waals surface area contributed by atoms with Crippen LogP contribution < -0.4 is 10.1 Å². The largest absolute Gasteiger partial charge is 0.490 e. The predicted molar refractivity (Wildman–Crippen MR) is 107 cm³/mol. The number of sulfone groups is 1. The number of aliphatic imine (C=N–C) groups is 1. The van der Waals surface area contributed by atoms with Crippen molar-refractivity contribution in [3.8, 4) is 5.75 Å². The lowest BCUT2D eigenvalue weighted by molar-refractivity contribution is 0.324. The van der Waals surface area contributed by atoms with E-state index >= 15 is 0 Å². The zero-order valence-corrected chi connectivity index (χ0v) is 17.6. The maximum atomic E-state index is 12.2.